The standard InChI is InChI=1S/C14H25NO4S/c1-10(2)12(14(17)18)20(19)11(3)13(16)15-8-6-4-5-7-9-15/h10-12H,4-9H2,1-3H3,(H,17,18). The quantitative estimate of drug-likeness (QED) is 0.838. The van der Waals surface area contributed by atoms with Crippen LogP contribution in [0.2, 0.25) is 0 Å². The molecular weight excluding hydrogens is 278 g/mol. The third-order valence-electron chi connectivity index (χ3n) is 3.71. The Hall–Kier alpha value is -0.910. The number of carbonyl (C=O) groups is 2. The topological polar surface area (TPSA) is 74.7 Å². The van der Waals surface area contributed by atoms with Gasteiger partial charge in [-0.25, -0.2) is 0 Å². The molecule has 5 nitrogen and oxygen atoms in total. The van der Waals surface area contributed by atoms with Crippen molar-refractivity contribution in [3.05, 3.63) is 0 Å². The number of aliphatic carboxylic acids is 1. The molecule has 0 bridgehead atoms. The minimum absolute atomic E-state index is 0.169. The summed E-state index contributed by atoms with van der Waals surface area (Å²) in [4.78, 5) is 25.3. The number of amides is 1. The van der Waals surface area contributed by atoms with E-state index in [9.17, 15) is 18.9 Å². The van der Waals surface area contributed by atoms with Gasteiger partial charge in [-0.2, -0.15) is 0 Å². The van der Waals surface area contributed by atoms with Crippen LogP contribution in [0.4, 0.5) is 0 Å². The first-order valence-corrected chi connectivity index (χ1v) is 8.54. The lowest BCUT2D eigenvalue weighted by molar-refractivity contribution is -0.137. The lowest BCUT2D eigenvalue weighted by atomic mass is 10.1. The fourth-order valence-electron chi connectivity index (χ4n) is 2.52. The monoisotopic (exact) mass is 303 g/mol. The molecule has 116 valence electrons. The van der Waals surface area contributed by atoms with Crippen molar-refractivity contribution < 1.29 is 18.9 Å². The molecule has 0 saturated carbocycles. The maximum Gasteiger partial charge on any atom is 0.319 e. The summed E-state index contributed by atoms with van der Waals surface area (Å²) < 4.78 is 12.4. The Balaban J connectivity index is 2.76. The zero-order valence-corrected chi connectivity index (χ0v) is 13.3. The average molecular weight is 303 g/mol. The van der Waals surface area contributed by atoms with E-state index in [0.717, 1.165) is 25.7 Å². The van der Waals surface area contributed by atoms with Gasteiger partial charge in [0.15, 0.2) is 0 Å². The second-order valence-corrected chi connectivity index (χ2v) is 7.59. The van der Waals surface area contributed by atoms with E-state index < -0.39 is 27.3 Å². The van der Waals surface area contributed by atoms with E-state index in [0.29, 0.717) is 13.1 Å². The number of carboxylic acids is 1. The first-order valence-electron chi connectivity index (χ1n) is 7.27. The molecule has 1 N–H and O–H groups in total. The zero-order chi connectivity index (χ0) is 15.3. The van der Waals surface area contributed by atoms with Crippen LogP contribution in [0.25, 0.3) is 0 Å². The lowest BCUT2D eigenvalue weighted by Gasteiger charge is -2.26. The molecule has 1 saturated heterocycles. The van der Waals surface area contributed by atoms with Crippen molar-refractivity contribution in [3.63, 3.8) is 0 Å². The lowest BCUT2D eigenvalue weighted by Crippen LogP contribution is -2.45. The van der Waals surface area contributed by atoms with E-state index in [1.54, 1.807) is 25.7 Å². The van der Waals surface area contributed by atoms with E-state index in [4.69, 9.17) is 0 Å². The Morgan fingerprint density at radius 3 is 1.95 bits per heavy atom. The molecule has 6 heteroatoms. The maximum absolute atomic E-state index is 12.4. The summed E-state index contributed by atoms with van der Waals surface area (Å²) in [5, 5.41) is 7.44. The molecule has 20 heavy (non-hydrogen) atoms. The molecule has 0 aromatic heterocycles. The van der Waals surface area contributed by atoms with Crippen LogP contribution in [0.15, 0.2) is 0 Å². The maximum atomic E-state index is 12.4. The van der Waals surface area contributed by atoms with Crippen LogP contribution >= 0.6 is 0 Å². The summed E-state index contributed by atoms with van der Waals surface area (Å²) >= 11 is 0. The van der Waals surface area contributed by atoms with Gasteiger partial charge < -0.3 is 10.0 Å². The van der Waals surface area contributed by atoms with Gasteiger partial charge in [-0.3, -0.25) is 13.8 Å². The van der Waals surface area contributed by atoms with Gasteiger partial charge in [-0.05, 0) is 25.7 Å². The van der Waals surface area contributed by atoms with Gasteiger partial charge in [0.1, 0.15) is 10.5 Å². The highest BCUT2D eigenvalue weighted by molar-refractivity contribution is 7.87. The van der Waals surface area contributed by atoms with Crippen LogP contribution in [0.3, 0.4) is 0 Å². The summed E-state index contributed by atoms with van der Waals surface area (Å²) in [6, 6.07) is 0. The van der Waals surface area contributed by atoms with Gasteiger partial charge in [0.25, 0.3) is 0 Å². The zero-order valence-electron chi connectivity index (χ0n) is 12.5. The molecule has 3 atom stereocenters. The number of carboxylic acid groups (broad SMARTS) is 1. The highest BCUT2D eigenvalue weighted by Crippen LogP contribution is 2.17. The molecule has 0 spiro atoms. The highest BCUT2D eigenvalue weighted by Gasteiger charge is 2.36. The number of carbonyl (C=O) groups excluding carboxylic acids is 1. The molecule has 0 aromatic rings. The molecule has 3 unspecified atom stereocenters. The minimum atomic E-state index is -1.69. The number of rotatable bonds is 5. The van der Waals surface area contributed by atoms with Crippen LogP contribution in [-0.4, -0.2) is 49.7 Å². The second-order valence-electron chi connectivity index (χ2n) is 5.71. The van der Waals surface area contributed by atoms with Crippen LogP contribution in [0.1, 0.15) is 46.5 Å². The van der Waals surface area contributed by atoms with E-state index >= 15 is 0 Å². The normalized spacial score (nSPS) is 21.1. The van der Waals surface area contributed by atoms with Gasteiger partial charge in [-0.15, -0.1) is 0 Å². The Labute approximate surface area is 123 Å². The summed E-state index contributed by atoms with van der Waals surface area (Å²) in [5.74, 6) is -1.52. The molecule has 1 aliphatic rings. The van der Waals surface area contributed by atoms with Crippen molar-refractivity contribution in [1.29, 1.82) is 0 Å². The molecule has 1 fully saturated rings. The number of hydrogen-bond acceptors (Lipinski definition) is 3. The van der Waals surface area contributed by atoms with Crippen molar-refractivity contribution in [1.82, 2.24) is 4.90 Å². The first-order chi connectivity index (χ1) is 9.36. The van der Waals surface area contributed by atoms with E-state index in [2.05, 4.69) is 0 Å². The van der Waals surface area contributed by atoms with Gasteiger partial charge >= 0.3 is 5.97 Å². The molecule has 0 aromatic carbocycles. The Kier molecular flexibility index (Phi) is 6.65. The molecule has 1 rings (SSSR count). The van der Waals surface area contributed by atoms with Gasteiger partial charge in [-0.1, -0.05) is 26.7 Å². The van der Waals surface area contributed by atoms with E-state index in [-0.39, 0.29) is 11.8 Å². The number of nitrogens with zero attached hydrogens (tertiary/aromatic N) is 1. The fourth-order valence-corrected chi connectivity index (χ4v) is 4.04. The third kappa shape index (κ3) is 4.30. The number of hydrogen-bond donors (Lipinski definition) is 1. The van der Waals surface area contributed by atoms with Crippen LogP contribution in [-0.2, 0) is 20.4 Å². The molecule has 1 heterocycles. The van der Waals surface area contributed by atoms with E-state index in [1.165, 1.54) is 0 Å². The number of likely N-dealkylation sites (tertiary alicyclic amines) is 1. The van der Waals surface area contributed by atoms with Crippen LogP contribution in [0, 0.1) is 5.92 Å². The van der Waals surface area contributed by atoms with Crippen molar-refractivity contribution in [2.75, 3.05) is 13.1 Å². The van der Waals surface area contributed by atoms with Gasteiger partial charge in [0.2, 0.25) is 5.91 Å². The van der Waals surface area contributed by atoms with Gasteiger partial charge in [0, 0.05) is 23.9 Å². The molecule has 1 aliphatic heterocycles. The van der Waals surface area contributed by atoms with Crippen LogP contribution < -0.4 is 0 Å². The average Bonchev–Trinajstić information content (AvgIpc) is 2.64. The largest absolute Gasteiger partial charge is 0.480 e. The minimum Gasteiger partial charge on any atom is -0.480 e. The van der Waals surface area contributed by atoms with Crippen molar-refractivity contribution >= 4 is 22.7 Å². The molecule has 1 amide bonds. The van der Waals surface area contributed by atoms with Crippen molar-refractivity contribution in [3.8, 4) is 0 Å². The Morgan fingerprint density at radius 1 is 1.05 bits per heavy atom. The smallest absolute Gasteiger partial charge is 0.319 e. The summed E-state index contributed by atoms with van der Waals surface area (Å²) in [6.07, 6.45) is 4.17. The predicted molar refractivity (Wildman–Crippen MR) is 78.9 cm³/mol. The van der Waals surface area contributed by atoms with Crippen molar-refractivity contribution in [2.45, 2.75) is 57.0 Å². The predicted octanol–water partition coefficient (Wildman–Crippen LogP) is 1.64. The molecule has 0 radical (unpaired) electrons. The highest BCUT2D eigenvalue weighted by atomic mass is 32.2. The summed E-state index contributed by atoms with van der Waals surface area (Å²) in [6.45, 7) is 6.42. The van der Waals surface area contributed by atoms with Crippen molar-refractivity contribution in [2.24, 2.45) is 5.92 Å². The second kappa shape index (κ2) is 7.76. The van der Waals surface area contributed by atoms with Crippen LogP contribution in [0.5, 0.6) is 0 Å². The Bertz CT molecular complexity index is 375. The van der Waals surface area contributed by atoms with E-state index in [1.807, 2.05) is 0 Å². The Morgan fingerprint density at radius 2 is 1.55 bits per heavy atom. The third-order valence-corrected chi connectivity index (χ3v) is 5.86. The molecular formula is C14H25NO4S. The van der Waals surface area contributed by atoms with Gasteiger partial charge in [0.05, 0.1) is 0 Å². The summed E-state index contributed by atoms with van der Waals surface area (Å²) in [7, 11) is -1.69. The first kappa shape index (κ1) is 17.1. The summed E-state index contributed by atoms with van der Waals surface area (Å²) in [5.41, 5.74) is 0. The fraction of sp³-hybridized carbons (Fsp3) is 0.857. The molecule has 0 aliphatic carbocycles. The SMILES string of the molecule is CC(C)C(C(=O)O)S(=O)C(C)C(=O)N1CCCCCC1.